The molecule has 0 unspecified atom stereocenters. The third-order valence-corrected chi connectivity index (χ3v) is 3.30. The largest absolute Gasteiger partial charge is 0.333 e. The average molecular weight is 242 g/mol. The summed E-state index contributed by atoms with van der Waals surface area (Å²) < 4.78 is 2.05. The van der Waals surface area contributed by atoms with Gasteiger partial charge < -0.3 is 9.88 Å². The summed E-state index contributed by atoms with van der Waals surface area (Å²) in [5.74, 6) is 0. The predicted octanol–water partition coefficient (Wildman–Crippen LogP) is 1.89. The molecule has 0 atom stereocenters. The molecule has 0 bridgehead atoms. The van der Waals surface area contributed by atoms with Gasteiger partial charge in [-0.3, -0.25) is 4.98 Å². The number of rotatable bonds is 5. The zero-order valence-electron chi connectivity index (χ0n) is 10.6. The van der Waals surface area contributed by atoms with E-state index >= 15 is 0 Å². The average Bonchev–Trinajstić information content (AvgIpc) is 3.05. The van der Waals surface area contributed by atoms with Crippen LogP contribution >= 0.6 is 0 Å². The Labute approximate surface area is 107 Å². The molecular weight excluding hydrogens is 224 g/mol. The van der Waals surface area contributed by atoms with Crippen LogP contribution in [0.2, 0.25) is 0 Å². The van der Waals surface area contributed by atoms with Gasteiger partial charge in [-0.25, -0.2) is 4.98 Å². The van der Waals surface area contributed by atoms with Gasteiger partial charge in [0.05, 0.1) is 18.6 Å². The van der Waals surface area contributed by atoms with E-state index in [9.17, 15) is 0 Å². The van der Waals surface area contributed by atoms with E-state index < -0.39 is 0 Å². The van der Waals surface area contributed by atoms with Crippen LogP contribution in [0.3, 0.4) is 0 Å². The monoisotopic (exact) mass is 242 g/mol. The van der Waals surface area contributed by atoms with Gasteiger partial charge in [-0.1, -0.05) is 6.07 Å². The van der Waals surface area contributed by atoms with Crippen LogP contribution in [0, 0.1) is 6.92 Å². The predicted molar refractivity (Wildman–Crippen MR) is 70.2 cm³/mol. The maximum Gasteiger partial charge on any atom is 0.0949 e. The topological polar surface area (TPSA) is 42.7 Å². The Bertz CT molecular complexity index is 515. The van der Waals surface area contributed by atoms with Gasteiger partial charge in [0.2, 0.25) is 0 Å². The van der Waals surface area contributed by atoms with Crippen LogP contribution in [0.4, 0.5) is 0 Å². The molecule has 1 aliphatic rings. The molecule has 0 radical (unpaired) electrons. The summed E-state index contributed by atoms with van der Waals surface area (Å²) >= 11 is 0. The lowest BCUT2D eigenvalue weighted by atomic mass is 10.1. The van der Waals surface area contributed by atoms with Gasteiger partial charge in [-0.15, -0.1) is 0 Å². The molecule has 0 saturated heterocycles. The van der Waals surface area contributed by atoms with Crippen molar-refractivity contribution in [1.82, 2.24) is 19.9 Å². The highest BCUT2D eigenvalue weighted by atomic mass is 15.0. The Morgan fingerprint density at radius 3 is 3.00 bits per heavy atom. The van der Waals surface area contributed by atoms with Gasteiger partial charge in [0, 0.05) is 31.2 Å². The SMILES string of the molecule is Cc1cc(Cn2ccnc2)cnc1CNC1CC1. The highest BCUT2D eigenvalue weighted by molar-refractivity contribution is 5.24. The third-order valence-electron chi connectivity index (χ3n) is 3.30. The maximum absolute atomic E-state index is 4.56. The highest BCUT2D eigenvalue weighted by Crippen LogP contribution is 2.19. The standard InChI is InChI=1S/C14H18N4/c1-11-6-12(9-18-5-4-15-10-18)7-17-14(11)8-16-13-2-3-13/h4-7,10,13,16H,2-3,8-9H2,1H3. The summed E-state index contributed by atoms with van der Waals surface area (Å²) in [5, 5.41) is 3.50. The minimum absolute atomic E-state index is 0.733. The summed E-state index contributed by atoms with van der Waals surface area (Å²) in [6.07, 6.45) is 10.2. The van der Waals surface area contributed by atoms with Gasteiger partial charge in [-0.05, 0) is 30.9 Å². The summed E-state index contributed by atoms with van der Waals surface area (Å²) in [6.45, 7) is 3.86. The van der Waals surface area contributed by atoms with E-state index in [0.717, 1.165) is 24.8 Å². The van der Waals surface area contributed by atoms with Gasteiger partial charge in [-0.2, -0.15) is 0 Å². The number of aromatic nitrogens is 3. The van der Waals surface area contributed by atoms with Crippen molar-refractivity contribution in [3.05, 3.63) is 47.8 Å². The molecule has 2 aromatic rings. The fourth-order valence-electron chi connectivity index (χ4n) is 2.05. The first-order valence-electron chi connectivity index (χ1n) is 6.45. The quantitative estimate of drug-likeness (QED) is 0.870. The fourth-order valence-corrected chi connectivity index (χ4v) is 2.05. The molecule has 0 amide bonds. The van der Waals surface area contributed by atoms with Crippen molar-refractivity contribution in [2.75, 3.05) is 0 Å². The lowest BCUT2D eigenvalue weighted by Crippen LogP contribution is -2.17. The molecule has 0 spiro atoms. The van der Waals surface area contributed by atoms with Crippen LogP contribution in [0.1, 0.15) is 29.7 Å². The van der Waals surface area contributed by atoms with Gasteiger partial charge in [0.1, 0.15) is 0 Å². The molecule has 1 saturated carbocycles. The van der Waals surface area contributed by atoms with Crippen molar-refractivity contribution in [1.29, 1.82) is 0 Å². The Morgan fingerprint density at radius 2 is 2.33 bits per heavy atom. The molecule has 1 aliphatic carbocycles. The molecular formula is C14H18N4. The van der Waals surface area contributed by atoms with Crippen molar-refractivity contribution < 1.29 is 0 Å². The zero-order valence-corrected chi connectivity index (χ0v) is 10.6. The fraction of sp³-hybridized carbons (Fsp3) is 0.429. The molecule has 18 heavy (non-hydrogen) atoms. The third kappa shape index (κ3) is 2.76. The van der Waals surface area contributed by atoms with E-state index in [1.165, 1.54) is 24.0 Å². The van der Waals surface area contributed by atoms with E-state index in [4.69, 9.17) is 0 Å². The number of aryl methyl sites for hydroxylation is 1. The molecule has 4 nitrogen and oxygen atoms in total. The van der Waals surface area contributed by atoms with Crippen molar-refractivity contribution in [2.24, 2.45) is 0 Å². The van der Waals surface area contributed by atoms with Crippen LogP contribution in [-0.2, 0) is 13.1 Å². The number of hydrogen-bond donors (Lipinski definition) is 1. The minimum Gasteiger partial charge on any atom is -0.333 e. The summed E-state index contributed by atoms with van der Waals surface area (Å²) in [6, 6.07) is 2.95. The lowest BCUT2D eigenvalue weighted by Gasteiger charge is -2.09. The molecule has 2 aromatic heterocycles. The Balaban J connectivity index is 1.67. The Morgan fingerprint density at radius 1 is 1.44 bits per heavy atom. The molecule has 3 rings (SSSR count). The van der Waals surface area contributed by atoms with Crippen LogP contribution in [0.5, 0.6) is 0 Å². The van der Waals surface area contributed by atoms with E-state index in [2.05, 4.69) is 32.8 Å². The van der Waals surface area contributed by atoms with E-state index in [-0.39, 0.29) is 0 Å². The van der Waals surface area contributed by atoms with E-state index in [1.807, 2.05) is 18.7 Å². The number of nitrogens with zero attached hydrogens (tertiary/aromatic N) is 3. The zero-order chi connectivity index (χ0) is 12.4. The highest BCUT2D eigenvalue weighted by Gasteiger charge is 2.20. The lowest BCUT2D eigenvalue weighted by molar-refractivity contribution is 0.669. The van der Waals surface area contributed by atoms with Crippen molar-refractivity contribution in [3.63, 3.8) is 0 Å². The second kappa shape index (κ2) is 4.90. The second-order valence-electron chi connectivity index (χ2n) is 5.00. The Kier molecular flexibility index (Phi) is 3.11. The number of pyridine rings is 1. The van der Waals surface area contributed by atoms with Gasteiger partial charge in [0.25, 0.3) is 0 Å². The minimum atomic E-state index is 0.733. The molecule has 2 heterocycles. The summed E-state index contributed by atoms with van der Waals surface area (Å²) in [5.41, 5.74) is 3.65. The Hall–Kier alpha value is -1.68. The molecule has 4 heteroatoms. The molecule has 1 N–H and O–H groups in total. The normalized spacial score (nSPS) is 14.9. The maximum atomic E-state index is 4.56. The van der Waals surface area contributed by atoms with Crippen LogP contribution in [0.25, 0.3) is 0 Å². The van der Waals surface area contributed by atoms with Crippen molar-refractivity contribution in [2.45, 2.75) is 38.9 Å². The van der Waals surface area contributed by atoms with Gasteiger partial charge >= 0.3 is 0 Å². The first-order valence-corrected chi connectivity index (χ1v) is 6.45. The molecule has 0 aromatic carbocycles. The van der Waals surface area contributed by atoms with Crippen molar-refractivity contribution >= 4 is 0 Å². The van der Waals surface area contributed by atoms with E-state index in [0.29, 0.717) is 0 Å². The molecule has 1 fully saturated rings. The number of hydrogen-bond acceptors (Lipinski definition) is 3. The summed E-state index contributed by atoms with van der Waals surface area (Å²) in [4.78, 5) is 8.61. The first kappa shape index (κ1) is 11.4. The van der Waals surface area contributed by atoms with E-state index in [1.54, 1.807) is 6.20 Å². The van der Waals surface area contributed by atoms with Crippen LogP contribution < -0.4 is 5.32 Å². The molecule has 0 aliphatic heterocycles. The summed E-state index contributed by atoms with van der Waals surface area (Å²) in [7, 11) is 0. The van der Waals surface area contributed by atoms with Crippen LogP contribution in [0.15, 0.2) is 31.0 Å². The second-order valence-corrected chi connectivity index (χ2v) is 5.00. The van der Waals surface area contributed by atoms with Crippen molar-refractivity contribution in [3.8, 4) is 0 Å². The van der Waals surface area contributed by atoms with Gasteiger partial charge in [0.15, 0.2) is 0 Å². The van der Waals surface area contributed by atoms with Crippen LogP contribution in [-0.4, -0.2) is 20.6 Å². The number of imidazole rings is 1. The number of nitrogens with one attached hydrogen (secondary N) is 1. The first-order chi connectivity index (χ1) is 8.81. The smallest absolute Gasteiger partial charge is 0.0949 e. The molecule has 94 valence electrons.